The summed E-state index contributed by atoms with van der Waals surface area (Å²) in [6.45, 7) is 0.312. The second kappa shape index (κ2) is 8.28. The maximum atomic E-state index is 12.7. The van der Waals surface area contributed by atoms with Crippen LogP contribution in [0.1, 0.15) is 15.9 Å². The Kier molecular flexibility index (Phi) is 5.81. The molecule has 0 fully saturated rings. The SMILES string of the molecule is CNc1ccc([N+](=O)[O-])cc1C(=O)Nc1ccnn1Cc1ccc(Cl)cc1Cl. The maximum Gasteiger partial charge on any atom is 0.270 e. The van der Waals surface area contributed by atoms with Crippen molar-refractivity contribution in [2.45, 2.75) is 6.54 Å². The van der Waals surface area contributed by atoms with E-state index in [1.807, 2.05) is 0 Å². The summed E-state index contributed by atoms with van der Waals surface area (Å²) in [5.41, 5.74) is 1.21. The number of carbonyl (C=O) groups is 1. The molecular formula is C18H15Cl2N5O3. The normalized spacial score (nSPS) is 10.5. The molecule has 0 spiro atoms. The van der Waals surface area contributed by atoms with Crippen molar-refractivity contribution in [3.05, 3.63) is 79.9 Å². The summed E-state index contributed by atoms with van der Waals surface area (Å²) >= 11 is 12.1. The lowest BCUT2D eigenvalue weighted by Gasteiger charge is -2.12. The van der Waals surface area contributed by atoms with Crippen LogP contribution in [0.5, 0.6) is 0 Å². The van der Waals surface area contributed by atoms with Crippen molar-refractivity contribution < 1.29 is 9.72 Å². The standard InChI is InChI=1S/C18H15Cl2N5O3/c1-21-16-5-4-13(25(27)28)9-14(16)18(26)23-17-6-7-22-24(17)10-11-2-3-12(19)8-15(11)20/h2-9,21H,10H2,1H3,(H,23,26). The Morgan fingerprint density at radius 2 is 2.00 bits per heavy atom. The molecule has 1 amide bonds. The van der Waals surface area contributed by atoms with E-state index < -0.39 is 10.8 Å². The van der Waals surface area contributed by atoms with Crippen LogP contribution in [-0.4, -0.2) is 27.7 Å². The lowest BCUT2D eigenvalue weighted by atomic mass is 10.1. The fraction of sp³-hybridized carbons (Fsp3) is 0.111. The van der Waals surface area contributed by atoms with Gasteiger partial charge in [-0.1, -0.05) is 29.3 Å². The van der Waals surface area contributed by atoms with Gasteiger partial charge in [-0.15, -0.1) is 0 Å². The third-order valence-corrected chi connectivity index (χ3v) is 4.61. The Balaban J connectivity index is 1.85. The van der Waals surface area contributed by atoms with Crippen molar-refractivity contribution >= 4 is 46.3 Å². The Labute approximate surface area is 170 Å². The fourth-order valence-corrected chi connectivity index (χ4v) is 3.08. The van der Waals surface area contributed by atoms with Crippen molar-refractivity contribution in [1.29, 1.82) is 0 Å². The third-order valence-electron chi connectivity index (χ3n) is 4.02. The molecule has 0 unspecified atom stereocenters. The summed E-state index contributed by atoms with van der Waals surface area (Å²) in [5.74, 6) is -0.0819. The predicted octanol–water partition coefficient (Wildman–Crippen LogP) is 4.44. The van der Waals surface area contributed by atoms with Crippen LogP contribution in [0.4, 0.5) is 17.2 Å². The summed E-state index contributed by atoms with van der Waals surface area (Å²) in [4.78, 5) is 23.2. The highest BCUT2D eigenvalue weighted by molar-refractivity contribution is 6.35. The summed E-state index contributed by atoms with van der Waals surface area (Å²) in [6, 6.07) is 10.8. The first-order chi connectivity index (χ1) is 13.4. The fourth-order valence-electron chi connectivity index (χ4n) is 2.61. The zero-order valence-electron chi connectivity index (χ0n) is 14.6. The number of nitrogens with one attached hydrogen (secondary N) is 2. The molecular weight excluding hydrogens is 405 g/mol. The number of halogens is 2. The Bertz CT molecular complexity index is 1050. The molecule has 3 rings (SSSR count). The molecule has 144 valence electrons. The molecule has 0 bridgehead atoms. The maximum absolute atomic E-state index is 12.7. The van der Waals surface area contributed by atoms with Gasteiger partial charge in [0, 0.05) is 41.0 Å². The molecule has 0 saturated carbocycles. The lowest BCUT2D eigenvalue weighted by molar-refractivity contribution is -0.384. The summed E-state index contributed by atoms with van der Waals surface area (Å²) in [5, 5.41) is 21.8. The van der Waals surface area contributed by atoms with E-state index in [9.17, 15) is 14.9 Å². The number of hydrogen-bond donors (Lipinski definition) is 2. The van der Waals surface area contributed by atoms with Crippen LogP contribution in [0.25, 0.3) is 0 Å². The van der Waals surface area contributed by atoms with E-state index in [0.29, 0.717) is 28.1 Å². The van der Waals surface area contributed by atoms with Crippen LogP contribution in [0.2, 0.25) is 10.0 Å². The van der Waals surface area contributed by atoms with E-state index in [2.05, 4.69) is 15.7 Å². The van der Waals surface area contributed by atoms with E-state index in [1.54, 1.807) is 36.0 Å². The summed E-state index contributed by atoms with van der Waals surface area (Å²) < 4.78 is 1.56. The molecule has 2 N–H and O–H groups in total. The zero-order chi connectivity index (χ0) is 20.3. The minimum absolute atomic E-state index is 0.147. The van der Waals surface area contributed by atoms with Gasteiger partial charge in [0.25, 0.3) is 11.6 Å². The van der Waals surface area contributed by atoms with Gasteiger partial charge in [0.15, 0.2) is 0 Å². The average Bonchev–Trinajstić information content (AvgIpc) is 3.10. The largest absolute Gasteiger partial charge is 0.387 e. The molecule has 10 heteroatoms. The highest BCUT2D eigenvalue weighted by Gasteiger charge is 2.18. The molecule has 0 atom stereocenters. The molecule has 1 heterocycles. The quantitative estimate of drug-likeness (QED) is 0.454. The van der Waals surface area contributed by atoms with E-state index >= 15 is 0 Å². The van der Waals surface area contributed by atoms with Crippen molar-refractivity contribution in [3.8, 4) is 0 Å². The van der Waals surface area contributed by atoms with Crippen LogP contribution < -0.4 is 10.6 Å². The Morgan fingerprint density at radius 1 is 1.21 bits per heavy atom. The molecule has 8 nitrogen and oxygen atoms in total. The molecule has 0 radical (unpaired) electrons. The van der Waals surface area contributed by atoms with Crippen LogP contribution in [0, 0.1) is 10.1 Å². The van der Waals surface area contributed by atoms with Gasteiger partial charge in [-0.25, -0.2) is 4.68 Å². The zero-order valence-corrected chi connectivity index (χ0v) is 16.2. The van der Waals surface area contributed by atoms with Crippen molar-refractivity contribution in [3.63, 3.8) is 0 Å². The van der Waals surface area contributed by atoms with Crippen molar-refractivity contribution in [2.24, 2.45) is 0 Å². The van der Waals surface area contributed by atoms with E-state index in [-0.39, 0.29) is 11.3 Å². The highest BCUT2D eigenvalue weighted by atomic mass is 35.5. The molecule has 1 aromatic heterocycles. The van der Waals surface area contributed by atoms with Gasteiger partial charge in [0.05, 0.1) is 23.2 Å². The number of anilines is 2. The number of nitrogens with zero attached hydrogens (tertiary/aromatic N) is 3. The van der Waals surface area contributed by atoms with Gasteiger partial charge < -0.3 is 10.6 Å². The topological polar surface area (TPSA) is 102 Å². The van der Waals surface area contributed by atoms with Gasteiger partial charge in [0.1, 0.15) is 5.82 Å². The first-order valence-corrected chi connectivity index (χ1v) is 8.88. The van der Waals surface area contributed by atoms with Crippen LogP contribution in [-0.2, 0) is 6.54 Å². The number of amides is 1. The molecule has 28 heavy (non-hydrogen) atoms. The number of carbonyl (C=O) groups excluding carboxylic acids is 1. The molecule has 2 aromatic carbocycles. The second-order valence-corrected chi connectivity index (χ2v) is 6.64. The van der Waals surface area contributed by atoms with Crippen molar-refractivity contribution in [1.82, 2.24) is 9.78 Å². The number of nitro groups is 1. The van der Waals surface area contributed by atoms with Crippen LogP contribution in [0.15, 0.2) is 48.7 Å². The number of nitro benzene ring substituents is 1. The number of hydrogen-bond acceptors (Lipinski definition) is 5. The minimum atomic E-state index is -0.553. The van der Waals surface area contributed by atoms with Crippen molar-refractivity contribution in [2.75, 3.05) is 17.7 Å². The van der Waals surface area contributed by atoms with Gasteiger partial charge in [0.2, 0.25) is 0 Å². The average molecular weight is 420 g/mol. The van der Waals surface area contributed by atoms with E-state index in [4.69, 9.17) is 23.2 Å². The molecule has 0 aliphatic carbocycles. The monoisotopic (exact) mass is 419 g/mol. The number of rotatable bonds is 6. The Hall–Kier alpha value is -3.10. The lowest BCUT2D eigenvalue weighted by Crippen LogP contribution is -2.17. The number of aromatic nitrogens is 2. The second-order valence-electron chi connectivity index (χ2n) is 5.80. The van der Waals surface area contributed by atoms with Crippen LogP contribution in [0.3, 0.4) is 0 Å². The Morgan fingerprint density at radius 3 is 2.68 bits per heavy atom. The summed E-state index contributed by atoms with van der Waals surface area (Å²) in [6.07, 6.45) is 1.53. The van der Waals surface area contributed by atoms with Crippen LogP contribution >= 0.6 is 23.2 Å². The highest BCUT2D eigenvalue weighted by Crippen LogP contribution is 2.25. The first-order valence-electron chi connectivity index (χ1n) is 8.12. The smallest absolute Gasteiger partial charge is 0.270 e. The van der Waals surface area contributed by atoms with Gasteiger partial charge in [-0.05, 0) is 23.8 Å². The van der Waals surface area contributed by atoms with Gasteiger partial charge in [-0.3, -0.25) is 14.9 Å². The summed E-state index contributed by atoms with van der Waals surface area (Å²) in [7, 11) is 1.63. The molecule has 0 aliphatic heterocycles. The first kappa shape index (κ1) is 19.7. The van der Waals surface area contributed by atoms with E-state index in [1.165, 1.54) is 24.4 Å². The van der Waals surface area contributed by atoms with Gasteiger partial charge in [-0.2, -0.15) is 5.10 Å². The molecule has 0 saturated heterocycles. The minimum Gasteiger partial charge on any atom is -0.387 e. The van der Waals surface area contributed by atoms with E-state index in [0.717, 1.165) is 5.56 Å². The third kappa shape index (κ3) is 4.24. The predicted molar refractivity (Wildman–Crippen MR) is 108 cm³/mol. The number of benzene rings is 2. The molecule has 0 aliphatic rings. The number of non-ortho nitro benzene ring substituents is 1. The molecule has 3 aromatic rings. The van der Waals surface area contributed by atoms with Gasteiger partial charge >= 0.3 is 0 Å².